The minimum absolute atomic E-state index is 0.177. The average molecular weight is 744 g/mol. The molecule has 51 heavy (non-hydrogen) atoms. The molecule has 7 rings (SSSR count). The molecule has 4 aliphatic rings. The third-order valence-corrected chi connectivity index (χ3v) is 18.2. The lowest BCUT2D eigenvalue weighted by atomic mass is 9.86. The van der Waals surface area contributed by atoms with E-state index < -0.39 is 0 Å². The van der Waals surface area contributed by atoms with Gasteiger partial charge in [0, 0.05) is 39.7 Å². The van der Waals surface area contributed by atoms with Crippen LogP contribution in [0.25, 0.3) is 5.03 Å². The van der Waals surface area contributed by atoms with Crippen LogP contribution < -0.4 is 4.90 Å². The molecular weight excluding hydrogens is 682 g/mol. The van der Waals surface area contributed by atoms with E-state index >= 15 is 0 Å². The van der Waals surface area contributed by atoms with E-state index in [1.807, 2.05) is 12.1 Å². The lowest BCUT2D eigenvalue weighted by molar-refractivity contribution is 0.117. The number of halogens is 2. The maximum Gasteiger partial charge on any atom is 0.110 e. The molecule has 1 saturated heterocycles. The molecule has 1 atom stereocenters. The summed E-state index contributed by atoms with van der Waals surface area (Å²) in [7, 11) is -0.253. The fraction of sp³-hybridized carbons (Fsp3) is 0.565. The zero-order chi connectivity index (χ0) is 35.9. The summed E-state index contributed by atoms with van der Waals surface area (Å²) in [6.45, 7) is 16.2. The van der Waals surface area contributed by atoms with Crippen LogP contribution in [0.4, 0.5) is 5.69 Å². The summed E-state index contributed by atoms with van der Waals surface area (Å²) in [5.41, 5.74) is 15.6. The van der Waals surface area contributed by atoms with Gasteiger partial charge in [-0.1, -0.05) is 129 Å². The second-order valence-electron chi connectivity index (χ2n) is 16.7. The number of rotatable bonds is 7. The molecule has 0 bridgehead atoms. The Kier molecular flexibility index (Phi) is 11.7. The highest BCUT2D eigenvalue weighted by Gasteiger charge is 2.55. The second kappa shape index (κ2) is 15.9. The topological polar surface area (TPSA) is 6.48 Å². The Hall–Kier alpha value is -1.83. The smallest absolute Gasteiger partial charge is 0.110 e. The Bertz CT molecular complexity index is 1680. The maximum absolute atomic E-state index is 7.33. The number of aryl methyl sites for hydroxylation is 6. The van der Waals surface area contributed by atoms with Gasteiger partial charge in [-0.3, -0.25) is 4.90 Å². The van der Waals surface area contributed by atoms with Crippen molar-refractivity contribution in [2.24, 2.45) is 0 Å². The third-order valence-electron chi connectivity index (χ3n) is 13.1. The highest BCUT2D eigenvalue weighted by Crippen LogP contribution is 2.71. The van der Waals surface area contributed by atoms with Gasteiger partial charge in [0.05, 0.1) is 0 Å². The molecule has 1 heterocycles. The van der Waals surface area contributed by atoms with E-state index in [2.05, 4.69) is 87.7 Å². The first-order valence-corrected chi connectivity index (χ1v) is 22.4. The van der Waals surface area contributed by atoms with E-state index in [1.165, 1.54) is 122 Å². The van der Waals surface area contributed by atoms with Crippen molar-refractivity contribution < 1.29 is 0 Å². The van der Waals surface area contributed by atoms with Gasteiger partial charge in [-0.25, -0.2) is 0 Å². The molecule has 274 valence electrons. The molecule has 0 aromatic heterocycles. The van der Waals surface area contributed by atoms with Gasteiger partial charge in [0.1, 0.15) is 6.17 Å². The van der Waals surface area contributed by atoms with E-state index in [4.69, 9.17) is 23.2 Å². The SMILES string of the molecule is Cc1cc(C)c(C2N(c3c(C)cc(C)cc3C)CCN2C2(P(C3CCCCC3)C3CCCCC3)CCC(=C(Cl)c3ccccc3Cl)CC2)c(C)c1. The van der Waals surface area contributed by atoms with Crippen LogP contribution >= 0.6 is 31.1 Å². The van der Waals surface area contributed by atoms with Gasteiger partial charge in [-0.05, 0) is 138 Å². The zero-order valence-corrected chi connectivity index (χ0v) is 34.7. The highest BCUT2D eigenvalue weighted by atomic mass is 35.5. The molecule has 5 heteroatoms. The Morgan fingerprint density at radius 2 is 1.20 bits per heavy atom. The van der Waals surface area contributed by atoms with Gasteiger partial charge in [0.25, 0.3) is 0 Å². The molecule has 0 spiro atoms. The van der Waals surface area contributed by atoms with Crippen molar-refractivity contribution in [2.75, 3.05) is 18.0 Å². The van der Waals surface area contributed by atoms with E-state index in [0.29, 0.717) is 0 Å². The number of hydrogen-bond acceptors (Lipinski definition) is 2. The largest absolute Gasteiger partial charge is 0.350 e. The summed E-state index contributed by atoms with van der Waals surface area (Å²) >= 11 is 14.1. The fourth-order valence-corrected chi connectivity index (χ4v) is 16.9. The lowest BCUT2D eigenvalue weighted by Gasteiger charge is -2.58. The van der Waals surface area contributed by atoms with Gasteiger partial charge in [-0.2, -0.15) is 0 Å². The van der Waals surface area contributed by atoms with E-state index in [-0.39, 0.29) is 19.4 Å². The molecule has 0 radical (unpaired) electrons. The molecule has 0 amide bonds. The summed E-state index contributed by atoms with van der Waals surface area (Å²) in [6, 6.07) is 17.9. The van der Waals surface area contributed by atoms with Crippen LogP contribution in [0.1, 0.15) is 141 Å². The van der Waals surface area contributed by atoms with E-state index in [1.54, 1.807) is 5.56 Å². The van der Waals surface area contributed by atoms with Crippen molar-refractivity contribution in [3.05, 3.63) is 104 Å². The first-order valence-electron chi connectivity index (χ1n) is 20.2. The van der Waals surface area contributed by atoms with Crippen LogP contribution in [-0.2, 0) is 0 Å². The third kappa shape index (κ3) is 7.35. The summed E-state index contributed by atoms with van der Waals surface area (Å²) in [6.07, 6.45) is 19.1. The standard InChI is InChI=1S/C46H61Cl2N2P/c1-31-27-33(3)42(34(4)28-31)45-49(44-35(5)29-32(2)30-36(44)6)25-26-50(45)46(51(38-15-9-7-10-16-38)39-17-11-8-12-18-39)23-21-37(22-24-46)43(48)40-19-13-14-20-41(40)47/h13-14,19-20,27-30,38-39,45H,7-12,15-18,21-26H2,1-6H3. The van der Waals surface area contributed by atoms with E-state index in [9.17, 15) is 0 Å². The van der Waals surface area contributed by atoms with Crippen molar-refractivity contribution in [1.29, 1.82) is 0 Å². The Labute approximate surface area is 321 Å². The number of allylic oxidation sites excluding steroid dienone is 1. The molecule has 3 aromatic rings. The lowest BCUT2D eigenvalue weighted by Crippen LogP contribution is -2.53. The van der Waals surface area contributed by atoms with Gasteiger partial charge < -0.3 is 4.90 Å². The predicted molar refractivity (Wildman–Crippen MR) is 224 cm³/mol. The first kappa shape index (κ1) is 37.5. The Balaban J connectivity index is 1.41. The van der Waals surface area contributed by atoms with Crippen LogP contribution in [0.5, 0.6) is 0 Å². The molecule has 3 aromatic carbocycles. The van der Waals surface area contributed by atoms with Crippen LogP contribution in [0.3, 0.4) is 0 Å². The van der Waals surface area contributed by atoms with Crippen LogP contribution in [-0.4, -0.2) is 34.6 Å². The van der Waals surface area contributed by atoms with Crippen molar-refractivity contribution in [3.63, 3.8) is 0 Å². The van der Waals surface area contributed by atoms with Crippen LogP contribution in [0, 0.1) is 41.5 Å². The highest BCUT2D eigenvalue weighted by molar-refractivity contribution is 7.60. The maximum atomic E-state index is 7.33. The molecule has 3 aliphatic carbocycles. The van der Waals surface area contributed by atoms with Crippen molar-refractivity contribution in [2.45, 2.75) is 154 Å². The molecule has 1 unspecified atom stereocenters. The number of nitrogens with zero attached hydrogens (tertiary/aromatic N) is 2. The van der Waals surface area contributed by atoms with Gasteiger partial charge >= 0.3 is 0 Å². The summed E-state index contributed by atoms with van der Waals surface area (Å²) in [5, 5.41) is 1.85. The van der Waals surface area contributed by atoms with Gasteiger partial charge in [0.2, 0.25) is 0 Å². The second-order valence-corrected chi connectivity index (χ2v) is 20.6. The summed E-state index contributed by atoms with van der Waals surface area (Å²) < 4.78 is 0. The molecule has 1 aliphatic heterocycles. The molecule has 2 nitrogen and oxygen atoms in total. The summed E-state index contributed by atoms with van der Waals surface area (Å²) in [4.78, 5) is 6.01. The molecule has 0 N–H and O–H groups in total. The number of benzene rings is 3. The van der Waals surface area contributed by atoms with Gasteiger partial charge in [0.15, 0.2) is 0 Å². The first-order chi connectivity index (χ1) is 24.6. The van der Waals surface area contributed by atoms with Crippen molar-refractivity contribution >= 4 is 41.8 Å². The van der Waals surface area contributed by atoms with Crippen molar-refractivity contribution in [1.82, 2.24) is 4.90 Å². The van der Waals surface area contributed by atoms with Crippen molar-refractivity contribution in [3.8, 4) is 0 Å². The minimum atomic E-state index is -0.253. The molecular formula is C46H61Cl2N2P. The fourth-order valence-electron chi connectivity index (χ4n) is 11.2. The average Bonchev–Trinajstić information content (AvgIpc) is 3.53. The van der Waals surface area contributed by atoms with Crippen LogP contribution in [0.15, 0.2) is 54.1 Å². The zero-order valence-electron chi connectivity index (χ0n) is 32.3. The molecule has 4 fully saturated rings. The van der Waals surface area contributed by atoms with Crippen LogP contribution in [0.2, 0.25) is 5.02 Å². The number of hydrogen-bond donors (Lipinski definition) is 0. The van der Waals surface area contributed by atoms with E-state index in [0.717, 1.165) is 52.9 Å². The monoisotopic (exact) mass is 742 g/mol. The number of anilines is 1. The normalized spacial score (nSPS) is 24.1. The Morgan fingerprint density at radius 1 is 0.686 bits per heavy atom. The quantitative estimate of drug-likeness (QED) is 0.222. The Morgan fingerprint density at radius 3 is 1.73 bits per heavy atom. The summed E-state index contributed by atoms with van der Waals surface area (Å²) in [5.74, 6) is 0. The van der Waals surface area contributed by atoms with Gasteiger partial charge in [-0.15, -0.1) is 0 Å². The predicted octanol–water partition coefficient (Wildman–Crippen LogP) is 14.1. The minimum Gasteiger partial charge on any atom is -0.350 e. The molecule has 3 saturated carbocycles.